The fraction of sp³-hybridized carbons (Fsp3) is 0.409. The van der Waals surface area contributed by atoms with E-state index in [1.54, 1.807) is 6.07 Å². The Morgan fingerprint density at radius 2 is 2.11 bits per heavy atom. The van der Waals surface area contributed by atoms with E-state index in [1.165, 1.54) is 12.0 Å². The van der Waals surface area contributed by atoms with Crippen molar-refractivity contribution < 1.29 is 0 Å². The topological polar surface area (TPSA) is 66.8 Å². The lowest BCUT2D eigenvalue weighted by atomic mass is 9.83. The highest BCUT2D eigenvalue weighted by atomic mass is 16.1. The summed E-state index contributed by atoms with van der Waals surface area (Å²) in [4.78, 5) is 22.3. The van der Waals surface area contributed by atoms with Gasteiger partial charge in [0.1, 0.15) is 5.82 Å². The molecule has 6 nitrogen and oxygen atoms in total. The van der Waals surface area contributed by atoms with Crippen molar-refractivity contribution in [3.05, 3.63) is 70.4 Å². The molecule has 146 valence electrons. The lowest BCUT2D eigenvalue weighted by molar-refractivity contribution is 0.312. The smallest absolute Gasteiger partial charge is 0.251 e. The third-order valence-electron chi connectivity index (χ3n) is 5.48. The summed E-state index contributed by atoms with van der Waals surface area (Å²) in [5.41, 5.74) is 3.07. The van der Waals surface area contributed by atoms with Gasteiger partial charge in [-0.3, -0.25) is 9.48 Å². The number of H-pyrrole nitrogens is 1. The fourth-order valence-corrected chi connectivity index (χ4v) is 3.71. The third kappa shape index (κ3) is 4.39. The molecule has 2 aromatic heterocycles. The zero-order valence-corrected chi connectivity index (χ0v) is 16.3. The summed E-state index contributed by atoms with van der Waals surface area (Å²) in [6.45, 7) is 2.70. The van der Waals surface area contributed by atoms with Gasteiger partial charge in [-0.2, -0.15) is 5.10 Å². The predicted octanol–water partition coefficient (Wildman–Crippen LogP) is 3.42. The SMILES string of the molecule is CN(CCCn1cccn1)Cc1ccccc1-c1nc(C2CCC2)cc(=O)[nH]1. The number of aromatic amines is 1. The summed E-state index contributed by atoms with van der Waals surface area (Å²) in [6, 6.07) is 11.8. The molecule has 1 aliphatic rings. The Morgan fingerprint density at radius 1 is 1.25 bits per heavy atom. The van der Waals surface area contributed by atoms with Crippen LogP contribution in [0, 0.1) is 0 Å². The summed E-state index contributed by atoms with van der Waals surface area (Å²) in [5, 5.41) is 4.25. The highest BCUT2D eigenvalue weighted by Crippen LogP contribution is 2.35. The molecule has 0 aliphatic heterocycles. The minimum atomic E-state index is -0.0609. The van der Waals surface area contributed by atoms with E-state index in [0.717, 1.165) is 50.2 Å². The van der Waals surface area contributed by atoms with Crippen LogP contribution >= 0.6 is 0 Å². The van der Waals surface area contributed by atoms with E-state index >= 15 is 0 Å². The van der Waals surface area contributed by atoms with Gasteiger partial charge in [-0.25, -0.2) is 4.98 Å². The van der Waals surface area contributed by atoms with Gasteiger partial charge in [0.2, 0.25) is 0 Å². The number of hydrogen-bond acceptors (Lipinski definition) is 4. The predicted molar refractivity (Wildman–Crippen MR) is 110 cm³/mol. The van der Waals surface area contributed by atoms with Gasteiger partial charge in [0.05, 0.1) is 5.69 Å². The molecule has 4 rings (SSSR count). The van der Waals surface area contributed by atoms with Crippen molar-refractivity contribution in [3.63, 3.8) is 0 Å². The summed E-state index contributed by atoms with van der Waals surface area (Å²) in [5.74, 6) is 1.13. The van der Waals surface area contributed by atoms with Crippen molar-refractivity contribution in [1.82, 2.24) is 24.6 Å². The molecule has 28 heavy (non-hydrogen) atoms. The minimum absolute atomic E-state index is 0.0609. The van der Waals surface area contributed by atoms with Gasteiger partial charge in [0.25, 0.3) is 5.56 Å². The van der Waals surface area contributed by atoms with E-state index in [1.807, 2.05) is 35.3 Å². The molecule has 0 atom stereocenters. The molecule has 1 N–H and O–H groups in total. The van der Waals surface area contributed by atoms with Crippen LogP contribution in [-0.4, -0.2) is 38.2 Å². The second-order valence-electron chi connectivity index (χ2n) is 7.66. The maximum Gasteiger partial charge on any atom is 0.251 e. The number of benzene rings is 1. The standard InChI is InChI=1S/C22H27N5O/c1-26(12-6-14-27-13-5-11-23-27)16-18-7-2-3-10-19(18)22-24-20(15-21(28)25-22)17-8-4-9-17/h2-3,5,7,10-11,13,15,17H,4,6,8-9,12,14,16H2,1H3,(H,24,25,28). The summed E-state index contributed by atoms with van der Waals surface area (Å²) >= 11 is 0. The monoisotopic (exact) mass is 377 g/mol. The van der Waals surface area contributed by atoms with Crippen LogP contribution in [0.5, 0.6) is 0 Å². The van der Waals surface area contributed by atoms with Crippen LogP contribution in [0.25, 0.3) is 11.4 Å². The van der Waals surface area contributed by atoms with Crippen molar-refractivity contribution in [3.8, 4) is 11.4 Å². The van der Waals surface area contributed by atoms with Gasteiger partial charge in [-0.15, -0.1) is 0 Å². The van der Waals surface area contributed by atoms with Crippen LogP contribution in [-0.2, 0) is 13.1 Å². The first-order chi connectivity index (χ1) is 13.7. The fourth-order valence-electron chi connectivity index (χ4n) is 3.71. The molecular formula is C22H27N5O. The number of aromatic nitrogens is 4. The molecule has 0 bridgehead atoms. The van der Waals surface area contributed by atoms with Crippen molar-refractivity contribution >= 4 is 0 Å². The van der Waals surface area contributed by atoms with Crippen LogP contribution in [0.4, 0.5) is 0 Å². The Morgan fingerprint density at radius 3 is 2.86 bits per heavy atom. The van der Waals surface area contributed by atoms with E-state index < -0.39 is 0 Å². The molecule has 0 saturated heterocycles. The first-order valence-corrected chi connectivity index (χ1v) is 10.0. The van der Waals surface area contributed by atoms with Crippen molar-refractivity contribution in [2.75, 3.05) is 13.6 Å². The van der Waals surface area contributed by atoms with Crippen molar-refractivity contribution in [2.45, 2.75) is 44.7 Å². The lowest BCUT2D eigenvalue weighted by Crippen LogP contribution is -2.21. The highest BCUT2D eigenvalue weighted by Gasteiger charge is 2.22. The van der Waals surface area contributed by atoms with Gasteiger partial charge in [0, 0.05) is 43.0 Å². The number of hydrogen-bond donors (Lipinski definition) is 1. The Hall–Kier alpha value is -2.73. The third-order valence-corrected chi connectivity index (χ3v) is 5.48. The Kier molecular flexibility index (Phi) is 5.67. The zero-order valence-electron chi connectivity index (χ0n) is 16.3. The molecule has 6 heteroatoms. The second kappa shape index (κ2) is 8.52. The quantitative estimate of drug-likeness (QED) is 0.653. The molecule has 0 unspecified atom stereocenters. The van der Waals surface area contributed by atoms with Gasteiger partial charge < -0.3 is 9.88 Å². The molecule has 1 saturated carbocycles. The Labute approximate surface area is 165 Å². The van der Waals surface area contributed by atoms with Crippen LogP contribution < -0.4 is 5.56 Å². The van der Waals surface area contributed by atoms with Crippen LogP contribution in [0.3, 0.4) is 0 Å². The van der Waals surface area contributed by atoms with Crippen molar-refractivity contribution in [2.24, 2.45) is 0 Å². The molecule has 0 spiro atoms. The summed E-state index contributed by atoms with van der Waals surface area (Å²) in [6.07, 6.45) is 8.34. The molecule has 1 fully saturated rings. The first kappa shape index (κ1) is 18.6. The maximum atomic E-state index is 12.2. The van der Waals surface area contributed by atoms with Gasteiger partial charge in [-0.1, -0.05) is 30.7 Å². The molecule has 2 heterocycles. The van der Waals surface area contributed by atoms with E-state index in [0.29, 0.717) is 11.7 Å². The largest absolute Gasteiger partial charge is 0.307 e. The van der Waals surface area contributed by atoms with Crippen LogP contribution in [0.1, 0.15) is 42.9 Å². The molecule has 3 aromatic rings. The Balaban J connectivity index is 1.47. The van der Waals surface area contributed by atoms with Gasteiger partial charge in [0.15, 0.2) is 0 Å². The summed E-state index contributed by atoms with van der Waals surface area (Å²) in [7, 11) is 2.13. The maximum absolute atomic E-state index is 12.2. The van der Waals surface area contributed by atoms with E-state index in [4.69, 9.17) is 4.98 Å². The van der Waals surface area contributed by atoms with Gasteiger partial charge in [-0.05, 0) is 44.5 Å². The second-order valence-corrected chi connectivity index (χ2v) is 7.66. The number of nitrogens with zero attached hydrogens (tertiary/aromatic N) is 4. The highest BCUT2D eigenvalue weighted by molar-refractivity contribution is 5.60. The minimum Gasteiger partial charge on any atom is -0.307 e. The zero-order chi connectivity index (χ0) is 19.3. The normalized spacial score (nSPS) is 14.4. The van der Waals surface area contributed by atoms with Crippen LogP contribution in [0.2, 0.25) is 0 Å². The molecule has 1 aliphatic carbocycles. The first-order valence-electron chi connectivity index (χ1n) is 10.0. The molecule has 0 amide bonds. The summed E-state index contributed by atoms with van der Waals surface area (Å²) < 4.78 is 1.96. The van der Waals surface area contributed by atoms with E-state index in [2.05, 4.69) is 34.2 Å². The van der Waals surface area contributed by atoms with Crippen LogP contribution in [0.15, 0.2) is 53.6 Å². The average molecular weight is 377 g/mol. The molecule has 0 radical (unpaired) electrons. The van der Waals surface area contributed by atoms with E-state index in [9.17, 15) is 4.79 Å². The number of rotatable bonds is 8. The van der Waals surface area contributed by atoms with E-state index in [-0.39, 0.29) is 5.56 Å². The van der Waals surface area contributed by atoms with Gasteiger partial charge >= 0.3 is 0 Å². The molecular weight excluding hydrogens is 350 g/mol. The molecule has 1 aromatic carbocycles. The average Bonchev–Trinajstić information content (AvgIpc) is 3.14. The number of nitrogens with one attached hydrogen (secondary N) is 1. The number of aryl methyl sites for hydroxylation is 1. The lowest BCUT2D eigenvalue weighted by Gasteiger charge is -2.25. The Bertz CT molecular complexity index is 959. The van der Waals surface area contributed by atoms with Crippen molar-refractivity contribution in [1.29, 1.82) is 0 Å².